The first kappa shape index (κ1) is 20.3. The minimum atomic E-state index is 0.223. The molecule has 3 aromatic rings. The van der Waals surface area contributed by atoms with Gasteiger partial charge >= 0.3 is 0 Å². The molecule has 0 fully saturated rings. The van der Waals surface area contributed by atoms with Crippen molar-refractivity contribution in [3.8, 4) is 22.6 Å². The molecule has 30 heavy (non-hydrogen) atoms. The third-order valence-corrected chi connectivity index (χ3v) is 5.99. The van der Waals surface area contributed by atoms with Gasteiger partial charge in [-0.1, -0.05) is 24.3 Å². The first-order chi connectivity index (χ1) is 14.6. The van der Waals surface area contributed by atoms with Gasteiger partial charge in [0.05, 0.1) is 14.2 Å². The Kier molecular flexibility index (Phi) is 5.96. The standard InChI is InChI=1S/C26H30N2O2/c1-18(20-6-5-7-23(16-20)29-3)27-17-19-8-11-26(30-4)24(14-19)21-9-10-25-22(15-21)12-13-28(25)2/h5-11,14-16,18,27H,12-13,17H2,1-4H3/t18-/m1/s1. The zero-order chi connectivity index (χ0) is 21.1. The van der Waals surface area contributed by atoms with Crippen molar-refractivity contribution in [2.45, 2.75) is 25.9 Å². The number of nitrogens with one attached hydrogen (secondary N) is 1. The highest BCUT2D eigenvalue weighted by Gasteiger charge is 2.17. The second kappa shape index (κ2) is 8.80. The Hall–Kier alpha value is -2.98. The maximum absolute atomic E-state index is 5.67. The molecule has 0 spiro atoms. The van der Waals surface area contributed by atoms with E-state index in [4.69, 9.17) is 9.47 Å². The lowest BCUT2D eigenvalue weighted by atomic mass is 9.98. The molecule has 0 aliphatic carbocycles. The summed E-state index contributed by atoms with van der Waals surface area (Å²) in [7, 11) is 5.59. The fraction of sp³-hybridized carbons (Fsp3) is 0.308. The van der Waals surface area contributed by atoms with Crippen LogP contribution in [0.2, 0.25) is 0 Å². The van der Waals surface area contributed by atoms with Crippen molar-refractivity contribution < 1.29 is 9.47 Å². The van der Waals surface area contributed by atoms with Gasteiger partial charge in [-0.25, -0.2) is 0 Å². The van der Waals surface area contributed by atoms with Crippen molar-refractivity contribution in [2.24, 2.45) is 0 Å². The van der Waals surface area contributed by atoms with Gasteiger partial charge in [-0.3, -0.25) is 0 Å². The Labute approximate surface area is 179 Å². The fourth-order valence-electron chi connectivity index (χ4n) is 4.12. The summed E-state index contributed by atoms with van der Waals surface area (Å²) in [6.07, 6.45) is 1.10. The second-order valence-electron chi connectivity index (χ2n) is 7.93. The predicted octanol–water partition coefficient (Wildman–Crippen LogP) is 5.21. The van der Waals surface area contributed by atoms with E-state index in [1.807, 2.05) is 12.1 Å². The Morgan fingerprint density at radius 3 is 2.67 bits per heavy atom. The number of benzene rings is 3. The third-order valence-electron chi connectivity index (χ3n) is 5.99. The molecule has 1 aliphatic rings. The molecule has 4 heteroatoms. The quantitative estimate of drug-likeness (QED) is 0.588. The van der Waals surface area contributed by atoms with Gasteiger partial charge < -0.3 is 19.7 Å². The average Bonchev–Trinajstić information content (AvgIpc) is 3.17. The maximum atomic E-state index is 5.67. The normalized spacial score (nSPS) is 13.8. The Bertz CT molecular complexity index is 1030. The van der Waals surface area contributed by atoms with E-state index in [1.165, 1.54) is 27.9 Å². The smallest absolute Gasteiger partial charge is 0.126 e. The average molecular weight is 403 g/mol. The van der Waals surface area contributed by atoms with E-state index in [-0.39, 0.29) is 6.04 Å². The van der Waals surface area contributed by atoms with Gasteiger partial charge in [0, 0.05) is 37.4 Å². The van der Waals surface area contributed by atoms with Crippen LogP contribution in [0.25, 0.3) is 11.1 Å². The molecule has 156 valence electrons. The second-order valence-corrected chi connectivity index (χ2v) is 7.93. The van der Waals surface area contributed by atoms with Gasteiger partial charge in [0.25, 0.3) is 0 Å². The molecule has 0 bridgehead atoms. The molecule has 0 unspecified atom stereocenters. The van der Waals surface area contributed by atoms with Crippen LogP contribution >= 0.6 is 0 Å². The monoisotopic (exact) mass is 402 g/mol. The topological polar surface area (TPSA) is 33.7 Å². The summed E-state index contributed by atoms with van der Waals surface area (Å²) >= 11 is 0. The van der Waals surface area contributed by atoms with E-state index in [2.05, 4.69) is 72.7 Å². The molecule has 0 saturated heterocycles. The Balaban J connectivity index is 1.54. The van der Waals surface area contributed by atoms with Gasteiger partial charge in [0.15, 0.2) is 0 Å². The summed E-state index contributed by atoms with van der Waals surface area (Å²) in [5.74, 6) is 1.79. The number of hydrogen-bond donors (Lipinski definition) is 1. The van der Waals surface area contributed by atoms with Crippen LogP contribution in [0.5, 0.6) is 11.5 Å². The summed E-state index contributed by atoms with van der Waals surface area (Å²) < 4.78 is 11.0. The highest BCUT2D eigenvalue weighted by atomic mass is 16.5. The lowest BCUT2D eigenvalue weighted by Crippen LogP contribution is -2.18. The van der Waals surface area contributed by atoms with Crippen LogP contribution in [0.3, 0.4) is 0 Å². The number of hydrogen-bond acceptors (Lipinski definition) is 4. The highest BCUT2D eigenvalue weighted by Crippen LogP contribution is 2.36. The van der Waals surface area contributed by atoms with Crippen molar-refractivity contribution >= 4 is 5.69 Å². The largest absolute Gasteiger partial charge is 0.497 e. The fourth-order valence-corrected chi connectivity index (χ4v) is 4.12. The molecule has 0 radical (unpaired) electrons. The van der Waals surface area contributed by atoms with Gasteiger partial charge in [-0.2, -0.15) is 0 Å². The van der Waals surface area contributed by atoms with Gasteiger partial charge in [0.1, 0.15) is 11.5 Å². The van der Waals surface area contributed by atoms with Crippen LogP contribution in [0.4, 0.5) is 5.69 Å². The van der Waals surface area contributed by atoms with Crippen LogP contribution in [-0.2, 0) is 13.0 Å². The molecule has 1 aliphatic heterocycles. The van der Waals surface area contributed by atoms with E-state index in [1.54, 1.807) is 14.2 Å². The van der Waals surface area contributed by atoms with Crippen LogP contribution in [-0.4, -0.2) is 27.8 Å². The summed E-state index contributed by atoms with van der Waals surface area (Å²) in [5.41, 5.74) is 7.55. The molecule has 4 rings (SSSR count). The molecule has 1 N–H and O–H groups in total. The number of anilines is 1. The number of nitrogens with zero attached hydrogens (tertiary/aromatic N) is 1. The highest BCUT2D eigenvalue weighted by molar-refractivity contribution is 5.75. The van der Waals surface area contributed by atoms with E-state index in [0.717, 1.165) is 36.6 Å². The predicted molar refractivity (Wildman–Crippen MR) is 124 cm³/mol. The van der Waals surface area contributed by atoms with Gasteiger partial charge in [0.2, 0.25) is 0 Å². The summed E-state index contributed by atoms with van der Waals surface area (Å²) in [4.78, 5) is 2.32. The van der Waals surface area contributed by atoms with Gasteiger partial charge in [-0.15, -0.1) is 0 Å². The zero-order valence-corrected chi connectivity index (χ0v) is 18.2. The van der Waals surface area contributed by atoms with E-state index < -0.39 is 0 Å². The molecule has 0 aromatic heterocycles. The lowest BCUT2D eigenvalue weighted by molar-refractivity contribution is 0.413. The number of ether oxygens (including phenoxy) is 2. The number of methoxy groups -OCH3 is 2. The van der Waals surface area contributed by atoms with Crippen molar-refractivity contribution in [3.63, 3.8) is 0 Å². The van der Waals surface area contributed by atoms with Crippen LogP contribution < -0.4 is 19.7 Å². The van der Waals surface area contributed by atoms with E-state index >= 15 is 0 Å². The minimum Gasteiger partial charge on any atom is -0.497 e. The molecule has 3 aromatic carbocycles. The summed E-state index contributed by atoms with van der Waals surface area (Å²) in [6, 6.07) is 21.6. The minimum absolute atomic E-state index is 0.223. The van der Waals surface area contributed by atoms with Crippen LogP contribution in [0, 0.1) is 0 Å². The number of rotatable bonds is 7. The summed E-state index contributed by atoms with van der Waals surface area (Å²) in [5, 5.41) is 3.63. The first-order valence-electron chi connectivity index (χ1n) is 10.5. The third kappa shape index (κ3) is 4.14. The molecule has 4 nitrogen and oxygen atoms in total. The molecule has 1 atom stereocenters. The van der Waals surface area contributed by atoms with Crippen LogP contribution in [0.1, 0.15) is 29.7 Å². The Morgan fingerprint density at radius 1 is 1.00 bits per heavy atom. The van der Waals surface area contributed by atoms with Crippen molar-refractivity contribution in [2.75, 3.05) is 32.7 Å². The zero-order valence-electron chi connectivity index (χ0n) is 18.2. The molecule has 1 heterocycles. The molecule has 0 amide bonds. The van der Waals surface area contributed by atoms with Crippen molar-refractivity contribution in [1.82, 2.24) is 5.32 Å². The van der Waals surface area contributed by atoms with E-state index in [0.29, 0.717) is 0 Å². The van der Waals surface area contributed by atoms with Crippen molar-refractivity contribution in [1.29, 1.82) is 0 Å². The number of fused-ring (bicyclic) bond motifs is 1. The van der Waals surface area contributed by atoms with Crippen LogP contribution in [0.15, 0.2) is 60.7 Å². The lowest BCUT2D eigenvalue weighted by Gasteiger charge is -2.17. The SMILES string of the molecule is COc1cccc([C@@H](C)NCc2ccc(OC)c(-c3ccc4c(c3)CCN4C)c2)c1. The molecular weight excluding hydrogens is 372 g/mol. The summed E-state index contributed by atoms with van der Waals surface area (Å²) in [6.45, 7) is 4.04. The van der Waals surface area contributed by atoms with E-state index in [9.17, 15) is 0 Å². The first-order valence-corrected chi connectivity index (χ1v) is 10.5. The molecular formula is C26H30N2O2. The van der Waals surface area contributed by atoms with Gasteiger partial charge in [-0.05, 0) is 72.0 Å². The maximum Gasteiger partial charge on any atom is 0.126 e. The van der Waals surface area contributed by atoms with Crippen molar-refractivity contribution in [3.05, 3.63) is 77.4 Å². The number of likely N-dealkylation sites (N-methyl/N-ethyl adjacent to an activating group) is 1. The molecule has 0 saturated carbocycles. The Morgan fingerprint density at radius 2 is 1.87 bits per heavy atom.